The van der Waals surface area contributed by atoms with E-state index in [1.165, 1.54) is 70.9 Å². The summed E-state index contributed by atoms with van der Waals surface area (Å²) in [6, 6.07) is 89.0. The summed E-state index contributed by atoms with van der Waals surface area (Å²) in [7, 11) is 0. The summed E-state index contributed by atoms with van der Waals surface area (Å²) < 4.78 is 4.96. The molecule has 0 atom stereocenters. The van der Waals surface area contributed by atoms with Crippen LogP contribution in [0.3, 0.4) is 0 Å². The maximum absolute atomic E-state index is 5.12. The molecule has 0 bridgehead atoms. The molecule has 0 unspecified atom stereocenters. The summed E-state index contributed by atoms with van der Waals surface area (Å²) in [5, 5.41) is 9.78. The van der Waals surface area contributed by atoms with Gasteiger partial charge in [-0.2, -0.15) is 0 Å². The lowest BCUT2D eigenvalue weighted by atomic mass is 9.95. The Bertz CT molecular complexity index is 4210. The zero-order valence-corrected chi connectivity index (χ0v) is 37.9. The van der Waals surface area contributed by atoms with Crippen molar-refractivity contribution < 1.29 is 0 Å². The Morgan fingerprint density at radius 3 is 1.24 bits per heavy atom. The first kappa shape index (κ1) is 39.7. The second-order valence-electron chi connectivity index (χ2n) is 17.9. The van der Waals surface area contributed by atoms with E-state index in [-0.39, 0.29) is 0 Å². The molecule has 3 aromatic heterocycles. The molecule has 5 nitrogen and oxygen atoms in total. The first-order valence-electron chi connectivity index (χ1n) is 23.8. The van der Waals surface area contributed by atoms with Crippen molar-refractivity contribution >= 4 is 65.2 Å². The third-order valence-corrected chi connectivity index (χ3v) is 13.9. The quantitative estimate of drug-likeness (QED) is 0.150. The number of nitrogens with zero attached hydrogens (tertiary/aromatic N) is 5. The molecule has 5 heteroatoms. The molecular weight excluding hydrogens is 851 g/mol. The average molecular weight is 892 g/mol. The van der Waals surface area contributed by atoms with Crippen LogP contribution in [-0.4, -0.2) is 24.1 Å². The SMILES string of the molecule is c1ccc(-c2cc(-c3ccccc3)cc(-n3c4ccc5c(c6ccccc6n5-c5cccc(-c6nc(-c7ccccc7)nc(-c7ccccc7)n6)c5)c4c4c5ccccc5c5ccccc5c43)c2)cc1. The summed E-state index contributed by atoms with van der Waals surface area (Å²) in [5.41, 5.74) is 14.2. The highest BCUT2D eigenvalue weighted by Gasteiger charge is 2.25. The topological polar surface area (TPSA) is 48.5 Å². The smallest absolute Gasteiger partial charge is 0.164 e. The van der Waals surface area contributed by atoms with Crippen molar-refractivity contribution in [3.63, 3.8) is 0 Å². The highest BCUT2D eigenvalue weighted by molar-refractivity contribution is 6.38. The molecule has 0 aliphatic rings. The van der Waals surface area contributed by atoms with Gasteiger partial charge in [-0.15, -0.1) is 0 Å². The molecule has 70 heavy (non-hydrogen) atoms. The van der Waals surface area contributed by atoms with Crippen molar-refractivity contribution in [1.82, 2.24) is 24.1 Å². The fraction of sp³-hybridized carbons (Fsp3) is 0. The van der Waals surface area contributed by atoms with E-state index in [9.17, 15) is 0 Å². The van der Waals surface area contributed by atoms with Crippen molar-refractivity contribution in [2.24, 2.45) is 0 Å². The molecule has 0 N–H and O–H groups in total. The van der Waals surface area contributed by atoms with E-state index in [4.69, 9.17) is 15.0 Å². The molecule has 14 rings (SSSR count). The molecular formula is C65H41N5. The number of hydrogen-bond acceptors (Lipinski definition) is 3. The lowest BCUT2D eigenvalue weighted by Gasteiger charge is -2.15. The van der Waals surface area contributed by atoms with E-state index in [2.05, 4.69) is 197 Å². The molecule has 0 aliphatic carbocycles. The first-order chi connectivity index (χ1) is 34.7. The second kappa shape index (κ2) is 16.1. The third kappa shape index (κ3) is 6.36. The highest BCUT2D eigenvalue weighted by atomic mass is 15.0. The van der Waals surface area contributed by atoms with Crippen LogP contribution in [0.25, 0.3) is 133 Å². The maximum atomic E-state index is 5.12. The largest absolute Gasteiger partial charge is 0.309 e. The van der Waals surface area contributed by atoms with Gasteiger partial charge in [-0.3, -0.25) is 0 Å². The van der Waals surface area contributed by atoms with Gasteiger partial charge in [0.15, 0.2) is 17.5 Å². The van der Waals surface area contributed by atoms with Crippen LogP contribution in [0.5, 0.6) is 0 Å². The summed E-state index contributed by atoms with van der Waals surface area (Å²) >= 11 is 0. The Morgan fingerprint density at radius 2 is 0.657 bits per heavy atom. The number of benzene rings is 11. The van der Waals surface area contributed by atoms with Crippen molar-refractivity contribution in [2.45, 2.75) is 0 Å². The summed E-state index contributed by atoms with van der Waals surface area (Å²) in [6.45, 7) is 0. The van der Waals surface area contributed by atoms with Gasteiger partial charge in [0, 0.05) is 55.0 Å². The molecule has 11 aromatic carbocycles. The Hall–Kier alpha value is -9.45. The maximum Gasteiger partial charge on any atom is 0.164 e. The Labute approximate surface area is 403 Å². The van der Waals surface area contributed by atoms with E-state index in [0.29, 0.717) is 17.5 Å². The normalized spacial score (nSPS) is 11.7. The zero-order valence-electron chi connectivity index (χ0n) is 37.9. The molecule has 0 fully saturated rings. The van der Waals surface area contributed by atoms with Crippen molar-refractivity contribution in [3.05, 3.63) is 249 Å². The lowest BCUT2D eigenvalue weighted by Crippen LogP contribution is -2.01. The van der Waals surface area contributed by atoms with Crippen LogP contribution in [-0.2, 0) is 0 Å². The molecule has 326 valence electrons. The van der Waals surface area contributed by atoms with Gasteiger partial charge in [0.1, 0.15) is 0 Å². The van der Waals surface area contributed by atoms with Gasteiger partial charge >= 0.3 is 0 Å². The lowest BCUT2D eigenvalue weighted by molar-refractivity contribution is 1.07. The average Bonchev–Trinajstić information content (AvgIpc) is 3.98. The van der Waals surface area contributed by atoms with Crippen LogP contribution < -0.4 is 0 Å². The minimum Gasteiger partial charge on any atom is -0.309 e. The molecule has 0 aliphatic heterocycles. The second-order valence-corrected chi connectivity index (χ2v) is 17.9. The minimum atomic E-state index is 0.617. The molecule has 0 amide bonds. The number of rotatable bonds is 7. The molecule has 0 saturated carbocycles. The van der Waals surface area contributed by atoms with Gasteiger partial charge in [0.05, 0.1) is 22.1 Å². The summed E-state index contributed by atoms with van der Waals surface area (Å²) in [4.78, 5) is 15.2. The number of aromatic nitrogens is 5. The zero-order chi connectivity index (χ0) is 46.1. The van der Waals surface area contributed by atoms with Crippen LogP contribution in [0.15, 0.2) is 249 Å². The van der Waals surface area contributed by atoms with Crippen LogP contribution in [0, 0.1) is 0 Å². The van der Waals surface area contributed by atoms with Gasteiger partial charge < -0.3 is 9.13 Å². The first-order valence-corrected chi connectivity index (χ1v) is 23.8. The van der Waals surface area contributed by atoms with Gasteiger partial charge in [0.2, 0.25) is 0 Å². The molecule has 0 radical (unpaired) electrons. The van der Waals surface area contributed by atoms with Crippen molar-refractivity contribution in [1.29, 1.82) is 0 Å². The molecule has 0 spiro atoms. The van der Waals surface area contributed by atoms with E-state index in [1.807, 2.05) is 60.7 Å². The highest BCUT2D eigenvalue weighted by Crippen LogP contribution is 2.48. The predicted octanol–water partition coefficient (Wildman–Crippen LogP) is 16.7. The van der Waals surface area contributed by atoms with Crippen LogP contribution in [0.4, 0.5) is 0 Å². The summed E-state index contributed by atoms with van der Waals surface area (Å²) in [6.07, 6.45) is 0. The van der Waals surface area contributed by atoms with Crippen molar-refractivity contribution in [3.8, 4) is 67.8 Å². The standard InChI is InChI=1S/C65H41N5/c1-5-20-42(21-6-1)47-38-48(43-22-7-2-8-23-43)41-50(40-47)70-58-37-36-57-59(61(58)60-53-32-15-13-30-51(53)52-31-14-16-33-54(52)62(60)70)55-34-17-18-35-56(55)69(57)49-29-19-28-46(39-49)65-67-63(44-24-9-3-10-25-44)66-64(68-65)45-26-11-4-12-27-45/h1-41H. The van der Waals surface area contributed by atoms with Gasteiger partial charge in [-0.25, -0.2) is 15.0 Å². The Kier molecular flexibility index (Phi) is 9.14. The molecule has 14 aromatic rings. The van der Waals surface area contributed by atoms with E-state index < -0.39 is 0 Å². The third-order valence-electron chi connectivity index (χ3n) is 13.9. The van der Waals surface area contributed by atoms with Gasteiger partial charge in [0.25, 0.3) is 0 Å². The van der Waals surface area contributed by atoms with Gasteiger partial charge in [-0.1, -0.05) is 200 Å². The van der Waals surface area contributed by atoms with Crippen LogP contribution in [0.2, 0.25) is 0 Å². The number of hydrogen-bond donors (Lipinski definition) is 0. The monoisotopic (exact) mass is 891 g/mol. The predicted molar refractivity (Wildman–Crippen MR) is 291 cm³/mol. The Balaban J connectivity index is 1.07. The fourth-order valence-electron chi connectivity index (χ4n) is 10.8. The van der Waals surface area contributed by atoms with E-state index in [0.717, 1.165) is 44.6 Å². The number of para-hydroxylation sites is 1. The van der Waals surface area contributed by atoms with E-state index >= 15 is 0 Å². The van der Waals surface area contributed by atoms with Crippen LogP contribution in [0.1, 0.15) is 0 Å². The number of fused-ring (bicyclic) bond motifs is 12. The van der Waals surface area contributed by atoms with Gasteiger partial charge in [-0.05, 0) is 86.9 Å². The van der Waals surface area contributed by atoms with E-state index in [1.54, 1.807) is 0 Å². The Morgan fingerprint density at radius 1 is 0.229 bits per heavy atom. The molecule has 3 heterocycles. The molecule has 0 saturated heterocycles. The minimum absolute atomic E-state index is 0.617. The fourth-order valence-corrected chi connectivity index (χ4v) is 10.8. The van der Waals surface area contributed by atoms with Crippen molar-refractivity contribution in [2.75, 3.05) is 0 Å². The summed E-state index contributed by atoms with van der Waals surface area (Å²) in [5.74, 6) is 1.89. The van der Waals surface area contributed by atoms with Crippen LogP contribution >= 0.6 is 0 Å².